The van der Waals surface area contributed by atoms with Crippen LogP contribution < -0.4 is 25.0 Å². The number of likely N-dealkylation sites (tertiary alicyclic amines) is 1. The van der Waals surface area contributed by atoms with E-state index in [0.717, 1.165) is 76.6 Å². The molecule has 0 radical (unpaired) electrons. The number of anilines is 1. The highest BCUT2D eigenvalue weighted by Crippen LogP contribution is 2.53. The molecule has 6 atom stereocenters. The third-order valence-corrected chi connectivity index (χ3v) is 16.2. The zero-order valence-corrected chi connectivity index (χ0v) is 46.8. The van der Waals surface area contributed by atoms with Crippen LogP contribution in [0.25, 0.3) is 55.4 Å². The first-order valence-corrected chi connectivity index (χ1v) is 28.0. The fraction of sp³-hybridized carbons (Fsp3) is 0.433. The highest BCUT2D eigenvalue weighted by Gasteiger charge is 2.43. The number of nitrogens with one attached hydrogen (secondary N) is 3. The number of benzene rings is 4. The number of aromatic amines is 1. The topological polar surface area (TPSA) is 236 Å². The summed E-state index contributed by atoms with van der Waals surface area (Å²) in [6.07, 6.45) is 6.93. The minimum Gasteiger partial charge on any atom is -0.486 e. The molecule has 2 amide bonds. The minimum absolute atomic E-state index is 0.0372. The molecule has 1 saturated carbocycles. The van der Waals surface area contributed by atoms with Gasteiger partial charge in [-0.3, -0.25) is 19.4 Å². The number of rotatable bonds is 21. The van der Waals surface area contributed by atoms with Gasteiger partial charge in [-0.1, -0.05) is 67.6 Å². The summed E-state index contributed by atoms with van der Waals surface area (Å²) in [6, 6.07) is 18.6. The van der Waals surface area contributed by atoms with Crippen LogP contribution in [0.1, 0.15) is 93.6 Å². The number of hydrogen-bond acceptors (Lipinski definition) is 15. The van der Waals surface area contributed by atoms with Crippen molar-refractivity contribution in [2.24, 2.45) is 5.92 Å². The Labute approximate surface area is 469 Å². The summed E-state index contributed by atoms with van der Waals surface area (Å²) in [6.45, 7) is 11.8. The number of fused-ring (bicyclic) bond motifs is 2. The monoisotopic (exact) mass is 1100 g/mol. The number of aromatic nitrogens is 9. The van der Waals surface area contributed by atoms with Crippen molar-refractivity contribution in [3.8, 4) is 45.4 Å². The van der Waals surface area contributed by atoms with E-state index >= 15 is 4.39 Å². The van der Waals surface area contributed by atoms with Crippen molar-refractivity contribution in [3.05, 3.63) is 113 Å². The molecule has 6 heterocycles. The Morgan fingerprint density at radius 3 is 2.46 bits per heavy atom. The van der Waals surface area contributed by atoms with Crippen molar-refractivity contribution in [3.63, 3.8) is 0 Å². The van der Waals surface area contributed by atoms with E-state index in [1.54, 1.807) is 32.6 Å². The maximum absolute atomic E-state index is 16.1. The molecule has 81 heavy (non-hydrogen) atoms. The van der Waals surface area contributed by atoms with Gasteiger partial charge in [-0.25, -0.2) is 9.07 Å². The van der Waals surface area contributed by atoms with E-state index in [9.17, 15) is 19.8 Å². The number of aryl methyl sites for hydroxylation is 1. The summed E-state index contributed by atoms with van der Waals surface area (Å²) in [4.78, 5) is 42.4. The second-order valence-electron chi connectivity index (χ2n) is 22.0. The van der Waals surface area contributed by atoms with Crippen molar-refractivity contribution < 1.29 is 38.4 Å². The first kappa shape index (κ1) is 55.1. The van der Waals surface area contributed by atoms with Crippen LogP contribution in [0.15, 0.2) is 85.3 Å². The number of amides is 2. The van der Waals surface area contributed by atoms with Crippen molar-refractivity contribution in [2.75, 3.05) is 51.9 Å². The third-order valence-electron chi connectivity index (χ3n) is 16.2. The van der Waals surface area contributed by atoms with Gasteiger partial charge in [0.05, 0.1) is 48.5 Å². The van der Waals surface area contributed by atoms with Gasteiger partial charge in [-0.15, -0.1) is 5.10 Å². The van der Waals surface area contributed by atoms with E-state index < -0.39 is 30.1 Å². The van der Waals surface area contributed by atoms with Gasteiger partial charge < -0.3 is 44.9 Å². The molecule has 3 fully saturated rings. The average Bonchev–Trinajstić information content (AvgIpc) is 4.27. The molecule has 2 saturated heterocycles. The number of aliphatic hydroxyl groups excluding tert-OH is 2. The smallest absolute Gasteiger partial charge is 0.319 e. The molecule has 8 aromatic rings. The highest BCUT2D eigenvalue weighted by atomic mass is 19.1. The number of likely N-dealkylation sites (N-methyl/N-ethyl adjacent to an activating group) is 1. The lowest BCUT2D eigenvalue weighted by atomic mass is 9.88. The lowest BCUT2D eigenvalue weighted by molar-refractivity contribution is -0.142. The molecule has 5 N–H and O–H groups in total. The average molecular weight is 1100 g/mol. The number of nitrogens with zero attached hydrogens (tertiary/aromatic N) is 10. The lowest BCUT2D eigenvalue weighted by Gasteiger charge is -2.30. The van der Waals surface area contributed by atoms with Gasteiger partial charge in [-0.05, 0) is 104 Å². The molecule has 11 rings (SSSR count). The standard InChI is InChI=1S/C60H70FN13O7/c1-8-73-50(20-22-64-73)40-17-15-39(16-18-40)49(30-75)65-58(77)51-23-42(76)28-72(51)59(78)55(33(2)3)74-29-48(69-70-74)38-11-9-36(10-12-38)32-80-56-53(52-35(5)46(61)25-47-45(52)27-63-68-47)43(37-13-14-37)24-44-54(56)66-60(81-31-34(4)79-7)67-57(44)71(6)41-19-21-62-26-41/h9-12,15-18,20,22,24-25,27,29,33-34,37,41-42,49,51,55,62,75-76H,8,13-14,19,21,23,26,28,30-32H2,1-7H3,(H,63,68)(H,65,77)/t34-,41-,42+,49-,51-,55-/m0/s1. The number of H-pyrrole nitrogens is 1. The minimum atomic E-state index is -0.987. The number of β-amino-alcohol motifs (C(OH)–C–C–N with tert-alkyl or cyclic N) is 1. The van der Waals surface area contributed by atoms with Crippen LogP contribution in [-0.2, 0) is 27.5 Å². The molecule has 21 heteroatoms. The SMILES string of the molecule is CCn1nccc1-c1ccc([C@H](CO)NC(=O)[C@@H]2C[C@@H](O)CN2C(=O)[C@H](C(C)C)n2cc(-c3ccc(COc4c(-c5c(C)c(F)cc6[nH]ncc56)c(C5CC5)cc5c(N(C)[C@H]6CCNC6)nc(OC[C@H](C)OC)nc45)cc3)nn2)cc1. The molecule has 3 aliphatic rings. The summed E-state index contributed by atoms with van der Waals surface area (Å²) < 4.78 is 38.4. The van der Waals surface area contributed by atoms with E-state index in [-0.39, 0.29) is 74.5 Å². The summed E-state index contributed by atoms with van der Waals surface area (Å²) in [5.41, 5.74) is 8.70. The van der Waals surface area contributed by atoms with Gasteiger partial charge >= 0.3 is 6.01 Å². The number of hydrogen-bond donors (Lipinski definition) is 5. The number of halogens is 1. The van der Waals surface area contributed by atoms with Gasteiger partial charge in [0.2, 0.25) is 11.8 Å². The molecule has 4 aromatic carbocycles. The van der Waals surface area contributed by atoms with Crippen molar-refractivity contribution in [1.29, 1.82) is 0 Å². The van der Waals surface area contributed by atoms with Crippen molar-refractivity contribution in [1.82, 2.24) is 60.5 Å². The van der Waals surface area contributed by atoms with Crippen LogP contribution in [0.4, 0.5) is 10.2 Å². The van der Waals surface area contributed by atoms with Crippen LogP contribution in [0.3, 0.4) is 0 Å². The van der Waals surface area contributed by atoms with Gasteiger partial charge in [0.15, 0.2) is 5.75 Å². The fourth-order valence-corrected chi connectivity index (χ4v) is 11.4. The summed E-state index contributed by atoms with van der Waals surface area (Å²) in [7, 11) is 3.68. The second-order valence-corrected chi connectivity index (χ2v) is 22.0. The van der Waals surface area contributed by atoms with Crippen molar-refractivity contribution >= 4 is 39.4 Å². The van der Waals surface area contributed by atoms with E-state index in [2.05, 4.69) is 54.3 Å². The van der Waals surface area contributed by atoms with E-state index in [0.29, 0.717) is 51.5 Å². The molecular formula is C60H70FN13O7. The molecule has 2 aliphatic heterocycles. The Morgan fingerprint density at radius 2 is 1.75 bits per heavy atom. The summed E-state index contributed by atoms with van der Waals surface area (Å²) >= 11 is 0. The molecule has 20 nitrogen and oxygen atoms in total. The number of ether oxygens (including phenoxy) is 3. The second kappa shape index (κ2) is 23.3. The Kier molecular flexibility index (Phi) is 15.9. The Bertz CT molecular complexity index is 3560. The molecule has 4 aromatic heterocycles. The maximum Gasteiger partial charge on any atom is 0.319 e. The normalized spacial score (nSPS) is 18.5. The molecule has 0 spiro atoms. The Balaban J connectivity index is 0.867. The molecule has 0 bridgehead atoms. The van der Waals surface area contributed by atoms with Crippen LogP contribution in [-0.4, -0.2) is 143 Å². The van der Waals surface area contributed by atoms with Gasteiger partial charge in [-0.2, -0.15) is 20.2 Å². The first-order chi connectivity index (χ1) is 39.2. The quantitative estimate of drug-likeness (QED) is 0.0470. The van der Waals surface area contributed by atoms with Crippen LogP contribution in [0, 0.1) is 18.7 Å². The summed E-state index contributed by atoms with van der Waals surface area (Å²) in [5.74, 6) is -0.124. The number of methoxy groups -OCH3 is 1. The molecule has 424 valence electrons. The number of carbonyl (C=O) groups is 2. The van der Waals surface area contributed by atoms with Crippen molar-refractivity contribution in [2.45, 2.75) is 116 Å². The predicted molar refractivity (Wildman–Crippen MR) is 304 cm³/mol. The highest BCUT2D eigenvalue weighted by molar-refractivity contribution is 6.06. The molecule has 1 aliphatic carbocycles. The van der Waals surface area contributed by atoms with Crippen LogP contribution in [0.2, 0.25) is 0 Å². The van der Waals surface area contributed by atoms with Gasteiger partial charge in [0.1, 0.15) is 48.1 Å². The zero-order valence-electron chi connectivity index (χ0n) is 46.8. The van der Waals surface area contributed by atoms with E-state index in [1.165, 1.54) is 15.6 Å². The van der Waals surface area contributed by atoms with E-state index in [1.807, 2.05) is 87.0 Å². The van der Waals surface area contributed by atoms with Crippen LogP contribution >= 0.6 is 0 Å². The third kappa shape index (κ3) is 11.1. The Hall–Kier alpha value is -7.85. The lowest BCUT2D eigenvalue weighted by Crippen LogP contribution is -2.50. The predicted octanol–water partition coefficient (Wildman–Crippen LogP) is 7.44. The van der Waals surface area contributed by atoms with Gasteiger partial charge in [0.25, 0.3) is 0 Å². The first-order valence-electron chi connectivity index (χ1n) is 28.0. The molecule has 0 unspecified atom stereocenters. The van der Waals surface area contributed by atoms with E-state index in [4.69, 9.17) is 24.2 Å². The molecular weight excluding hydrogens is 1030 g/mol. The Morgan fingerprint density at radius 1 is 0.975 bits per heavy atom. The van der Waals surface area contributed by atoms with Gasteiger partial charge in [0, 0.05) is 79.9 Å². The maximum atomic E-state index is 16.1. The summed E-state index contributed by atoms with van der Waals surface area (Å²) in [5, 5.41) is 50.0. The number of carbonyl (C=O) groups excluding carboxylic acids is 2. The van der Waals surface area contributed by atoms with Crippen LogP contribution in [0.5, 0.6) is 11.8 Å². The number of aliphatic hydroxyl groups is 2. The zero-order chi connectivity index (χ0) is 56.6. The largest absolute Gasteiger partial charge is 0.486 e. The fourth-order valence-electron chi connectivity index (χ4n) is 11.4.